The van der Waals surface area contributed by atoms with Gasteiger partial charge in [0, 0.05) is 17.9 Å². The number of halogens is 1. The molecule has 0 amide bonds. The minimum atomic E-state index is -0.501. The molecule has 5 rings (SSSR count). The molecule has 2 aliphatic heterocycles. The zero-order chi connectivity index (χ0) is 22.3. The van der Waals surface area contributed by atoms with Gasteiger partial charge in [0.05, 0.1) is 23.1 Å². The average molecular weight is 450 g/mol. The maximum atomic E-state index is 15.5. The van der Waals surface area contributed by atoms with Crippen LogP contribution in [0.5, 0.6) is 5.75 Å². The molecule has 3 aromatic carbocycles. The number of fused-ring (bicyclic) bond motifs is 2. The molecule has 0 aromatic heterocycles. The zero-order valence-corrected chi connectivity index (χ0v) is 19.7. The van der Waals surface area contributed by atoms with Crippen molar-refractivity contribution < 1.29 is 13.9 Å². The second-order valence-corrected chi connectivity index (χ2v) is 11.8. The fourth-order valence-corrected chi connectivity index (χ4v) is 7.23. The van der Waals surface area contributed by atoms with E-state index in [2.05, 4.69) is 45.0 Å². The van der Waals surface area contributed by atoms with Crippen LogP contribution in [0.1, 0.15) is 40.0 Å². The van der Waals surface area contributed by atoms with Gasteiger partial charge in [0.25, 0.3) is 0 Å². The maximum Gasteiger partial charge on any atom is 0.170 e. The summed E-state index contributed by atoms with van der Waals surface area (Å²) in [6.07, 6.45) is 3.12. The molecule has 4 heteroatoms. The van der Waals surface area contributed by atoms with E-state index in [9.17, 15) is 0 Å². The Hall–Kier alpha value is -2.30. The van der Waals surface area contributed by atoms with E-state index >= 15 is 4.39 Å². The van der Waals surface area contributed by atoms with Gasteiger partial charge in [-0.3, -0.25) is 0 Å². The maximum absolute atomic E-state index is 15.5. The predicted octanol–water partition coefficient (Wildman–Crippen LogP) is 7.04. The Morgan fingerprint density at radius 3 is 1.97 bits per heavy atom. The second-order valence-electron chi connectivity index (χ2n) is 9.79. The quantitative estimate of drug-likeness (QED) is 0.389. The molecule has 2 heterocycles. The van der Waals surface area contributed by atoms with Crippen LogP contribution in [0.4, 0.5) is 4.39 Å². The summed E-state index contributed by atoms with van der Waals surface area (Å²) in [4.78, 5) is 3.28. The Kier molecular flexibility index (Phi) is 5.55. The lowest BCUT2D eigenvalue weighted by Gasteiger charge is -2.45. The largest absolute Gasteiger partial charge is 0.481 e. The number of hydrogen-bond donors (Lipinski definition) is 0. The Bertz CT molecular complexity index is 1040. The van der Waals surface area contributed by atoms with Crippen LogP contribution in [0.25, 0.3) is 0 Å². The van der Waals surface area contributed by atoms with Gasteiger partial charge in [-0.2, -0.15) is 0 Å². The van der Waals surface area contributed by atoms with Gasteiger partial charge in [-0.25, -0.2) is 4.39 Å². The highest BCUT2D eigenvalue weighted by molar-refractivity contribution is 7.97. The highest BCUT2D eigenvalue weighted by atomic mass is 32.2. The Balaban J connectivity index is 1.51. The molecule has 3 atom stereocenters. The molecule has 0 aliphatic carbocycles. The van der Waals surface area contributed by atoms with Gasteiger partial charge in [-0.05, 0) is 49.2 Å². The predicted molar refractivity (Wildman–Crippen MR) is 127 cm³/mol. The fraction of sp³-hybridized carbons (Fsp3) is 0.357. The third-order valence-electron chi connectivity index (χ3n) is 6.82. The van der Waals surface area contributed by atoms with Crippen molar-refractivity contribution in [3.8, 4) is 5.75 Å². The molecule has 166 valence electrons. The Labute approximate surface area is 193 Å². The number of ether oxygens (including phenoxy) is 2. The van der Waals surface area contributed by atoms with Gasteiger partial charge in [-0.1, -0.05) is 57.2 Å². The third-order valence-corrected chi connectivity index (χ3v) is 9.03. The molecule has 2 saturated heterocycles. The molecule has 0 radical (unpaired) electrons. The number of benzene rings is 3. The molecule has 2 fully saturated rings. The molecule has 32 heavy (non-hydrogen) atoms. The van der Waals surface area contributed by atoms with Crippen molar-refractivity contribution in [2.45, 2.75) is 72.5 Å². The highest BCUT2D eigenvalue weighted by Gasteiger charge is 2.60. The molecule has 0 saturated carbocycles. The average Bonchev–Trinajstić information content (AvgIpc) is 3.39. The minimum absolute atomic E-state index is 0.0230. The van der Waals surface area contributed by atoms with Crippen molar-refractivity contribution in [1.82, 2.24) is 0 Å². The van der Waals surface area contributed by atoms with Crippen LogP contribution in [-0.4, -0.2) is 17.8 Å². The molecular weight excluding hydrogens is 419 g/mol. The molecule has 2 bridgehead atoms. The first kappa shape index (κ1) is 21.5. The van der Waals surface area contributed by atoms with Gasteiger partial charge in [0.2, 0.25) is 0 Å². The summed E-state index contributed by atoms with van der Waals surface area (Å²) < 4.78 is 28.2. The summed E-state index contributed by atoms with van der Waals surface area (Å²) >= 11 is 0. The molecule has 0 spiro atoms. The van der Waals surface area contributed by atoms with E-state index in [1.54, 1.807) is 6.07 Å². The molecular formula is C28H30FO2S+. The zero-order valence-electron chi connectivity index (χ0n) is 18.9. The first-order valence-corrected chi connectivity index (χ1v) is 12.6. The summed E-state index contributed by atoms with van der Waals surface area (Å²) in [6.45, 7) is 6.52. The monoisotopic (exact) mass is 449 g/mol. The van der Waals surface area contributed by atoms with E-state index in [-0.39, 0.29) is 34.3 Å². The summed E-state index contributed by atoms with van der Waals surface area (Å²) in [5, 5.41) is 0. The van der Waals surface area contributed by atoms with Gasteiger partial charge in [-0.15, -0.1) is 0 Å². The molecule has 0 N–H and O–H groups in total. The molecule has 3 unspecified atom stereocenters. The topological polar surface area (TPSA) is 18.5 Å². The van der Waals surface area contributed by atoms with E-state index in [0.29, 0.717) is 5.75 Å². The highest BCUT2D eigenvalue weighted by Crippen LogP contribution is 2.53. The van der Waals surface area contributed by atoms with Crippen LogP contribution in [0.3, 0.4) is 0 Å². The van der Waals surface area contributed by atoms with E-state index in [1.807, 2.05) is 48.5 Å². The van der Waals surface area contributed by atoms with E-state index in [0.717, 1.165) is 24.2 Å². The molecule has 2 nitrogen and oxygen atoms in total. The summed E-state index contributed by atoms with van der Waals surface area (Å²) in [5.74, 6) is 0.0164. The van der Waals surface area contributed by atoms with Crippen molar-refractivity contribution in [2.75, 3.05) is 0 Å². The van der Waals surface area contributed by atoms with Gasteiger partial charge >= 0.3 is 0 Å². The van der Waals surface area contributed by atoms with Crippen molar-refractivity contribution in [3.63, 3.8) is 0 Å². The molecule has 2 aliphatic rings. The van der Waals surface area contributed by atoms with Crippen LogP contribution in [0, 0.1) is 11.2 Å². The summed E-state index contributed by atoms with van der Waals surface area (Å²) in [6, 6.07) is 26.1. The summed E-state index contributed by atoms with van der Waals surface area (Å²) in [7, 11) is -0.386. The lowest BCUT2D eigenvalue weighted by molar-refractivity contribution is -0.0837. The lowest BCUT2D eigenvalue weighted by atomic mass is 9.68. The first-order chi connectivity index (χ1) is 15.4. The van der Waals surface area contributed by atoms with Crippen LogP contribution < -0.4 is 4.74 Å². The minimum Gasteiger partial charge on any atom is -0.481 e. The van der Waals surface area contributed by atoms with Crippen molar-refractivity contribution in [2.24, 2.45) is 5.41 Å². The van der Waals surface area contributed by atoms with Crippen LogP contribution in [-0.2, 0) is 15.6 Å². The standard InChI is InChI=1S/C28H30FO2S/c1-27(2,3)28(19-20-14-17-26(28)30-20)31-25-16-15-23(18-24(25)29)32(21-10-6-4-7-11-21)22-12-8-5-9-13-22/h4-13,15-16,18,20,26H,14,17,19H2,1-3H3/q+1. The SMILES string of the molecule is CC(C)(C)C1(Oc2ccc([S+](c3ccccc3)c3ccccc3)cc2F)CC2CCC1O2. The number of hydrogen-bond acceptors (Lipinski definition) is 2. The molecule has 3 aromatic rings. The Morgan fingerprint density at radius 1 is 0.875 bits per heavy atom. The van der Waals surface area contributed by atoms with Gasteiger partial charge < -0.3 is 9.47 Å². The van der Waals surface area contributed by atoms with Gasteiger partial charge in [0.15, 0.2) is 26.3 Å². The van der Waals surface area contributed by atoms with Crippen molar-refractivity contribution in [1.29, 1.82) is 0 Å². The summed E-state index contributed by atoms with van der Waals surface area (Å²) in [5.41, 5.74) is -0.658. The number of rotatable bonds is 5. The second kappa shape index (κ2) is 8.24. The normalized spacial score (nSPS) is 24.8. The van der Waals surface area contributed by atoms with E-state index in [1.165, 1.54) is 9.79 Å². The first-order valence-electron chi connectivity index (χ1n) is 11.4. The van der Waals surface area contributed by atoms with E-state index in [4.69, 9.17) is 9.47 Å². The van der Waals surface area contributed by atoms with Crippen LogP contribution >= 0.6 is 0 Å². The lowest BCUT2D eigenvalue weighted by Crippen LogP contribution is -2.55. The Morgan fingerprint density at radius 2 is 1.50 bits per heavy atom. The van der Waals surface area contributed by atoms with E-state index < -0.39 is 5.60 Å². The van der Waals surface area contributed by atoms with Crippen molar-refractivity contribution in [3.05, 3.63) is 84.7 Å². The van der Waals surface area contributed by atoms with Crippen molar-refractivity contribution >= 4 is 10.9 Å². The van der Waals surface area contributed by atoms with Crippen LogP contribution in [0.15, 0.2) is 93.5 Å². The van der Waals surface area contributed by atoms with Crippen LogP contribution in [0.2, 0.25) is 0 Å². The van der Waals surface area contributed by atoms with Gasteiger partial charge in [0.1, 0.15) is 5.60 Å². The third kappa shape index (κ3) is 3.74. The smallest absolute Gasteiger partial charge is 0.170 e. The fourth-order valence-electron chi connectivity index (χ4n) is 5.13.